The molecule has 30 heavy (non-hydrogen) atoms. The van der Waals surface area contributed by atoms with Crippen LogP contribution in [0.25, 0.3) is 0 Å². The van der Waals surface area contributed by atoms with Crippen molar-refractivity contribution in [1.82, 2.24) is 19.9 Å². The van der Waals surface area contributed by atoms with Crippen LogP contribution >= 0.6 is 0 Å². The molecule has 0 spiro atoms. The van der Waals surface area contributed by atoms with Crippen molar-refractivity contribution < 1.29 is 4.57 Å². The molecule has 0 fully saturated rings. The van der Waals surface area contributed by atoms with Gasteiger partial charge in [-0.25, -0.2) is 14.5 Å². The molecule has 3 aliphatic heterocycles. The Morgan fingerprint density at radius 3 is 2.87 bits per heavy atom. The highest BCUT2D eigenvalue weighted by Crippen LogP contribution is 2.29. The van der Waals surface area contributed by atoms with Crippen LogP contribution in [0.2, 0.25) is 0 Å². The second-order valence-electron chi connectivity index (χ2n) is 8.35. The van der Waals surface area contributed by atoms with E-state index in [1.54, 1.807) is 0 Å². The maximum Gasteiger partial charge on any atom is 0.289 e. The quantitative estimate of drug-likeness (QED) is 0.565. The topological polar surface area (TPSA) is 91.5 Å². The first-order chi connectivity index (χ1) is 14.8. The second kappa shape index (κ2) is 7.19. The molecule has 0 radical (unpaired) electrons. The SMILES string of the molecule is c1cnc2c(c1)CC([n+]1cnc3c(c1)CC(c1cnc4c(n1)CCCN4)CN3)CN2. The summed E-state index contributed by atoms with van der Waals surface area (Å²) in [5.41, 5.74) is 4.67. The van der Waals surface area contributed by atoms with Crippen LogP contribution in [0.4, 0.5) is 17.5 Å². The van der Waals surface area contributed by atoms with Crippen LogP contribution in [-0.4, -0.2) is 39.6 Å². The molecule has 0 bridgehead atoms. The third-order valence-corrected chi connectivity index (χ3v) is 6.35. The molecule has 2 unspecified atom stereocenters. The van der Waals surface area contributed by atoms with Gasteiger partial charge in [-0.1, -0.05) is 6.07 Å². The van der Waals surface area contributed by atoms with Crippen LogP contribution in [0, 0.1) is 0 Å². The molecule has 8 nitrogen and oxygen atoms in total. The van der Waals surface area contributed by atoms with Gasteiger partial charge in [-0.3, -0.25) is 4.98 Å². The maximum atomic E-state index is 4.94. The smallest absolute Gasteiger partial charge is 0.289 e. The number of anilines is 3. The molecule has 6 heterocycles. The lowest BCUT2D eigenvalue weighted by molar-refractivity contribution is -0.723. The van der Waals surface area contributed by atoms with Crippen molar-refractivity contribution in [2.75, 3.05) is 35.6 Å². The number of pyridine rings is 1. The van der Waals surface area contributed by atoms with E-state index in [1.165, 1.54) is 11.1 Å². The highest BCUT2D eigenvalue weighted by atomic mass is 15.1. The van der Waals surface area contributed by atoms with Crippen LogP contribution in [0.15, 0.2) is 37.1 Å². The first-order valence-corrected chi connectivity index (χ1v) is 10.7. The van der Waals surface area contributed by atoms with E-state index >= 15 is 0 Å². The van der Waals surface area contributed by atoms with Crippen LogP contribution < -0.4 is 20.5 Å². The van der Waals surface area contributed by atoms with Crippen molar-refractivity contribution in [3.05, 3.63) is 59.6 Å². The number of aryl methyl sites for hydroxylation is 1. The number of nitrogens with zero attached hydrogens (tertiary/aromatic N) is 5. The van der Waals surface area contributed by atoms with E-state index in [1.807, 2.05) is 24.8 Å². The monoisotopic (exact) mass is 401 g/mol. The minimum atomic E-state index is 0.310. The van der Waals surface area contributed by atoms with Gasteiger partial charge in [0.25, 0.3) is 6.33 Å². The summed E-state index contributed by atoms with van der Waals surface area (Å²) in [5, 5.41) is 10.3. The Bertz CT molecular complexity index is 1100. The van der Waals surface area contributed by atoms with Crippen molar-refractivity contribution >= 4 is 17.5 Å². The number of fused-ring (bicyclic) bond motifs is 3. The van der Waals surface area contributed by atoms with Gasteiger partial charge in [0.15, 0.2) is 0 Å². The van der Waals surface area contributed by atoms with Gasteiger partial charge < -0.3 is 16.0 Å². The van der Waals surface area contributed by atoms with Crippen molar-refractivity contribution in [3.8, 4) is 0 Å². The van der Waals surface area contributed by atoms with E-state index in [9.17, 15) is 0 Å². The average molecular weight is 401 g/mol. The molecule has 3 aliphatic rings. The molecule has 2 atom stereocenters. The molecule has 3 N–H and O–H groups in total. The van der Waals surface area contributed by atoms with Gasteiger partial charge in [-0.2, -0.15) is 0 Å². The van der Waals surface area contributed by atoms with E-state index in [-0.39, 0.29) is 0 Å². The summed E-state index contributed by atoms with van der Waals surface area (Å²) in [6.45, 7) is 2.69. The number of nitrogens with one attached hydrogen (secondary N) is 3. The van der Waals surface area contributed by atoms with Crippen molar-refractivity contribution in [1.29, 1.82) is 0 Å². The van der Waals surface area contributed by atoms with E-state index in [0.717, 1.165) is 74.2 Å². The Morgan fingerprint density at radius 1 is 0.933 bits per heavy atom. The van der Waals surface area contributed by atoms with Gasteiger partial charge in [0.2, 0.25) is 5.82 Å². The second-order valence-corrected chi connectivity index (χ2v) is 8.35. The zero-order valence-electron chi connectivity index (χ0n) is 16.8. The predicted octanol–water partition coefficient (Wildman–Crippen LogP) is 1.87. The molecule has 0 saturated heterocycles. The van der Waals surface area contributed by atoms with Crippen molar-refractivity contribution in [2.45, 2.75) is 37.6 Å². The number of hydrogen-bond donors (Lipinski definition) is 3. The van der Waals surface area contributed by atoms with E-state index in [0.29, 0.717) is 12.0 Å². The minimum Gasteiger partial charge on any atom is -0.369 e. The Kier molecular flexibility index (Phi) is 4.21. The van der Waals surface area contributed by atoms with E-state index in [2.05, 4.69) is 42.7 Å². The first-order valence-electron chi connectivity index (χ1n) is 10.7. The molecule has 0 amide bonds. The molecule has 0 aromatic carbocycles. The maximum absolute atomic E-state index is 4.94. The summed E-state index contributed by atoms with van der Waals surface area (Å²) < 4.78 is 2.24. The number of aromatic nitrogens is 5. The Hall–Kier alpha value is -3.29. The highest BCUT2D eigenvalue weighted by molar-refractivity contribution is 5.48. The molecular weight excluding hydrogens is 376 g/mol. The molecule has 8 heteroatoms. The van der Waals surface area contributed by atoms with E-state index < -0.39 is 0 Å². The van der Waals surface area contributed by atoms with Gasteiger partial charge in [0, 0.05) is 31.6 Å². The van der Waals surface area contributed by atoms with Crippen LogP contribution in [-0.2, 0) is 19.3 Å². The number of rotatable bonds is 2. The lowest BCUT2D eigenvalue weighted by Gasteiger charge is -2.26. The molecule has 3 aromatic heterocycles. The Labute approximate surface area is 175 Å². The molecule has 6 rings (SSSR count). The normalized spacial score (nSPS) is 21.9. The third-order valence-electron chi connectivity index (χ3n) is 6.35. The van der Waals surface area contributed by atoms with Crippen LogP contribution in [0.3, 0.4) is 0 Å². The Morgan fingerprint density at radius 2 is 1.87 bits per heavy atom. The highest BCUT2D eigenvalue weighted by Gasteiger charge is 2.29. The standard InChI is InChI=1S/C22H24N8/c1-3-14-8-17(10-26-20(14)23-5-1)30-12-16-7-15(9-25-21(16)28-13-30)19-11-27-22-18(29-19)4-2-6-24-22/h1,3,5,11-13,15,17H,2,4,6-10H2,(H2,23,24,26,27)/p+1. The van der Waals surface area contributed by atoms with Gasteiger partial charge >= 0.3 is 0 Å². The number of hydrogen-bond acceptors (Lipinski definition) is 7. The summed E-state index contributed by atoms with van der Waals surface area (Å²) in [6.07, 6.45) is 12.0. The fraction of sp³-hybridized carbons (Fsp3) is 0.409. The lowest BCUT2D eigenvalue weighted by atomic mass is 9.93. The zero-order chi connectivity index (χ0) is 19.9. The summed E-state index contributed by atoms with van der Waals surface area (Å²) >= 11 is 0. The minimum absolute atomic E-state index is 0.310. The van der Waals surface area contributed by atoms with Crippen molar-refractivity contribution in [3.63, 3.8) is 0 Å². The molecular formula is C22H25N8+. The largest absolute Gasteiger partial charge is 0.369 e. The first kappa shape index (κ1) is 17.6. The van der Waals surface area contributed by atoms with Gasteiger partial charge in [-0.15, -0.1) is 0 Å². The average Bonchev–Trinajstić information content (AvgIpc) is 2.82. The fourth-order valence-electron chi connectivity index (χ4n) is 4.69. The van der Waals surface area contributed by atoms with Crippen molar-refractivity contribution in [2.24, 2.45) is 0 Å². The lowest BCUT2D eigenvalue weighted by Crippen LogP contribution is -2.47. The summed E-state index contributed by atoms with van der Waals surface area (Å²) in [7, 11) is 0. The molecule has 3 aromatic rings. The summed E-state index contributed by atoms with van der Waals surface area (Å²) in [6, 6.07) is 4.48. The Balaban J connectivity index is 1.24. The van der Waals surface area contributed by atoms with Crippen LogP contribution in [0.1, 0.15) is 40.9 Å². The molecule has 152 valence electrons. The van der Waals surface area contributed by atoms with Gasteiger partial charge in [0.05, 0.1) is 35.9 Å². The molecule has 0 saturated carbocycles. The van der Waals surface area contributed by atoms with E-state index in [4.69, 9.17) is 9.97 Å². The predicted molar refractivity (Wildman–Crippen MR) is 114 cm³/mol. The van der Waals surface area contributed by atoms with Crippen LogP contribution in [0.5, 0.6) is 0 Å². The fourth-order valence-corrected chi connectivity index (χ4v) is 4.69. The summed E-state index contributed by atoms with van der Waals surface area (Å²) in [4.78, 5) is 18.7. The summed E-state index contributed by atoms with van der Waals surface area (Å²) in [5.74, 6) is 3.25. The van der Waals surface area contributed by atoms with Gasteiger partial charge in [0.1, 0.15) is 17.7 Å². The molecule has 0 aliphatic carbocycles. The third kappa shape index (κ3) is 3.12. The van der Waals surface area contributed by atoms with Gasteiger partial charge in [-0.05, 0) is 35.9 Å². The zero-order valence-corrected chi connectivity index (χ0v) is 16.8.